The van der Waals surface area contributed by atoms with Crippen LogP contribution in [0.4, 0.5) is 11.4 Å². The van der Waals surface area contributed by atoms with Crippen molar-refractivity contribution in [3.63, 3.8) is 0 Å². The number of hydrogen-bond acceptors (Lipinski definition) is 5. The van der Waals surface area contributed by atoms with E-state index in [1.807, 2.05) is 4.90 Å². The molecule has 0 bridgehead atoms. The van der Waals surface area contributed by atoms with E-state index in [2.05, 4.69) is 4.74 Å². The Hall–Kier alpha value is -1.82. The standard InChI is InChI=1S/C13H17ClN2O4/c1-8-5-12(16(18)19)10(14)6-11(8)15(3)7-9(2)13(17)20-4/h5-6,9H,7H2,1-4H3. The summed E-state index contributed by atoms with van der Waals surface area (Å²) in [5, 5.41) is 10.9. The van der Waals surface area contributed by atoms with Crippen molar-refractivity contribution < 1.29 is 14.5 Å². The van der Waals surface area contributed by atoms with E-state index in [4.69, 9.17) is 11.6 Å². The molecule has 7 heteroatoms. The van der Waals surface area contributed by atoms with Gasteiger partial charge in [-0.25, -0.2) is 0 Å². The largest absolute Gasteiger partial charge is 0.469 e. The monoisotopic (exact) mass is 300 g/mol. The number of nitro benzene ring substituents is 1. The molecule has 0 N–H and O–H groups in total. The number of methoxy groups -OCH3 is 1. The van der Waals surface area contributed by atoms with Crippen molar-refractivity contribution in [1.29, 1.82) is 0 Å². The van der Waals surface area contributed by atoms with Gasteiger partial charge in [-0.05, 0) is 18.6 Å². The summed E-state index contributed by atoms with van der Waals surface area (Å²) < 4.78 is 4.67. The third-order valence-corrected chi connectivity index (χ3v) is 3.33. The molecule has 1 rings (SSSR count). The van der Waals surface area contributed by atoms with E-state index in [0.717, 1.165) is 11.3 Å². The lowest BCUT2D eigenvalue weighted by Gasteiger charge is -2.24. The first-order chi connectivity index (χ1) is 9.27. The summed E-state index contributed by atoms with van der Waals surface area (Å²) >= 11 is 5.91. The zero-order valence-electron chi connectivity index (χ0n) is 11.8. The number of carbonyl (C=O) groups excluding carboxylic acids is 1. The Labute approximate surface area is 122 Å². The summed E-state index contributed by atoms with van der Waals surface area (Å²) in [4.78, 5) is 23.5. The maximum atomic E-state index is 11.4. The molecular formula is C13H17ClN2O4. The lowest BCUT2D eigenvalue weighted by molar-refractivity contribution is -0.384. The van der Waals surface area contributed by atoms with Gasteiger partial charge in [0.25, 0.3) is 5.69 Å². The fraction of sp³-hybridized carbons (Fsp3) is 0.462. The maximum absolute atomic E-state index is 11.4. The number of nitro groups is 1. The van der Waals surface area contributed by atoms with Gasteiger partial charge < -0.3 is 9.64 Å². The Balaban J connectivity index is 2.99. The average Bonchev–Trinajstić information content (AvgIpc) is 2.39. The van der Waals surface area contributed by atoms with Crippen LogP contribution in [0.5, 0.6) is 0 Å². The van der Waals surface area contributed by atoms with Gasteiger partial charge in [-0.2, -0.15) is 0 Å². The number of carbonyl (C=O) groups is 1. The Morgan fingerprint density at radius 3 is 2.65 bits per heavy atom. The third kappa shape index (κ3) is 3.60. The smallest absolute Gasteiger partial charge is 0.310 e. The molecule has 0 amide bonds. The van der Waals surface area contributed by atoms with Crippen LogP contribution in [-0.2, 0) is 9.53 Å². The summed E-state index contributed by atoms with van der Waals surface area (Å²) in [6.07, 6.45) is 0. The van der Waals surface area contributed by atoms with Gasteiger partial charge in [-0.1, -0.05) is 18.5 Å². The second-order valence-corrected chi connectivity index (χ2v) is 5.06. The molecule has 0 spiro atoms. The second-order valence-electron chi connectivity index (χ2n) is 4.65. The van der Waals surface area contributed by atoms with Crippen LogP contribution in [-0.4, -0.2) is 31.6 Å². The third-order valence-electron chi connectivity index (χ3n) is 3.02. The lowest BCUT2D eigenvalue weighted by atomic mass is 10.1. The molecule has 20 heavy (non-hydrogen) atoms. The average molecular weight is 301 g/mol. The molecule has 0 heterocycles. The van der Waals surface area contributed by atoms with Crippen molar-refractivity contribution >= 4 is 28.9 Å². The van der Waals surface area contributed by atoms with Gasteiger partial charge in [0.05, 0.1) is 18.0 Å². The molecule has 0 saturated heterocycles. The molecule has 0 aliphatic heterocycles. The highest BCUT2D eigenvalue weighted by Crippen LogP contribution is 2.32. The van der Waals surface area contributed by atoms with Crippen molar-refractivity contribution in [1.82, 2.24) is 0 Å². The predicted octanol–water partition coefficient (Wildman–Crippen LogP) is 2.80. The Kier molecular flexibility index (Phi) is 5.33. The number of ether oxygens (including phenoxy) is 1. The highest BCUT2D eigenvalue weighted by Gasteiger charge is 2.20. The zero-order chi connectivity index (χ0) is 15.4. The molecule has 0 saturated carbocycles. The molecule has 0 aliphatic carbocycles. The second kappa shape index (κ2) is 6.56. The van der Waals surface area contributed by atoms with Gasteiger partial charge in [0.2, 0.25) is 0 Å². The van der Waals surface area contributed by atoms with Gasteiger partial charge in [0.1, 0.15) is 5.02 Å². The Morgan fingerprint density at radius 1 is 1.55 bits per heavy atom. The minimum Gasteiger partial charge on any atom is -0.469 e. The predicted molar refractivity (Wildman–Crippen MR) is 77.3 cm³/mol. The molecule has 6 nitrogen and oxygen atoms in total. The van der Waals surface area contributed by atoms with Crippen molar-refractivity contribution in [2.45, 2.75) is 13.8 Å². The van der Waals surface area contributed by atoms with E-state index >= 15 is 0 Å². The van der Waals surface area contributed by atoms with E-state index in [-0.39, 0.29) is 22.6 Å². The molecule has 0 radical (unpaired) electrons. The number of aryl methyl sites for hydroxylation is 1. The van der Waals surface area contributed by atoms with Crippen molar-refractivity contribution in [3.8, 4) is 0 Å². The molecular weight excluding hydrogens is 284 g/mol. The summed E-state index contributed by atoms with van der Waals surface area (Å²) in [7, 11) is 3.14. The molecule has 1 unspecified atom stereocenters. The first-order valence-corrected chi connectivity index (χ1v) is 6.39. The van der Waals surface area contributed by atoms with Crippen LogP contribution >= 0.6 is 11.6 Å². The van der Waals surface area contributed by atoms with Crippen molar-refractivity contribution in [2.75, 3.05) is 25.6 Å². The van der Waals surface area contributed by atoms with Crippen LogP contribution in [0.1, 0.15) is 12.5 Å². The number of benzene rings is 1. The van der Waals surface area contributed by atoms with Crippen molar-refractivity contribution in [2.24, 2.45) is 5.92 Å². The SMILES string of the molecule is COC(=O)C(C)CN(C)c1cc(Cl)c([N+](=O)[O-])cc1C. The number of halogens is 1. The van der Waals surface area contributed by atoms with Gasteiger partial charge in [-0.3, -0.25) is 14.9 Å². The lowest BCUT2D eigenvalue weighted by Crippen LogP contribution is -2.29. The summed E-state index contributed by atoms with van der Waals surface area (Å²) in [6.45, 7) is 3.95. The van der Waals surface area contributed by atoms with Gasteiger partial charge >= 0.3 is 5.97 Å². The maximum Gasteiger partial charge on any atom is 0.310 e. The number of hydrogen-bond donors (Lipinski definition) is 0. The molecule has 110 valence electrons. The molecule has 0 fully saturated rings. The van der Waals surface area contributed by atoms with Gasteiger partial charge in [0.15, 0.2) is 0 Å². The summed E-state index contributed by atoms with van der Waals surface area (Å²) in [6, 6.07) is 2.97. The van der Waals surface area contributed by atoms with E-state index in [1.165, 1.54) is 13.2 Å². The number of rotatable bonds is 5. The van der Waals surface area contributed by atoms with Crippen LogP contribution in [0, 0.1) is 23.0 Å². The minimum atomic E-state index is -0.518. The van der Waals surface area contributed by atoms with E-state index in [0.29, 0.717) is 6.54 Å². The minimum absolute atomic E-state index is 0.0770. The van der Waals surface area contributed by atoms with Crippen LogP contribution < -0.4 is 4.90 Å². The molecule has 1 aromatic carbocycles. The number of anilines is 1. The molecule has 0 aliphatic rings. The van der Waals surface area contributed by atoms with Gasteiger partial charge in [-0.15, -0.1) is 0 Å². The van der Waals surface area contributed by atoms with E-state index < -0.39 is 4.92 Å². The quantitative estimate of drug-likeness (QED) is 0.475. The van der Waals surface area contributed by atoms with Crippen LogP contribution in [0.15, 0.2) is 12.1 Å². The van der Waals surface area contributed by atoms with Crippen LogP contribution in [0.2, 0.25) is 5.02 Å². The fourth-order valence-electron chi connectivity index (χ4n) is 1.99. The van der Waals surface area contributed by atoms with E-state index in [9.17, 15) is 14.9 Å². The zero-order valence-corrected chi connectivity index (χ0v) is 12.6. The number of esters is 1. The number of nitrogens with zero attached hydrogens (tertiary/aromatic N) is 2. The fourth-order valence-corrected chi connectivity index (χ4v) is 2.22. The summed E-state index contributed by atoms with van der Waals surface area (Å²) in [5.74, 6) is -0.610. The van der Waals surface area contributed by atoms with Crippen LogP contribution in [0.25, 0.3) is 0 Å². The molecule has 1 aromatic rings. The van der Waals surface area contributed by atoms with E-state index in [1.54, 1.807) is 27.0 Å². The topological polar surface area (TPSA) is 72.7 Å². The van der Waals surface area contributed by atoms with Crippen molar-refractivity contribution in [3.05, 3.63) is 32.8 Å². The summed E-state index contributed by atoms with van der Waals surface area (Å²) in [5.41, 5.74) is 1.35. The Bertz CT molecular complexity index is 533. The normalized spacial score (nSPS) is 11.8. The highest BCUT2D eigenvalue weighted by atomic mass is 35.5. The first-order valence-electron chi connectivity index (χ1n) is 6.01. The Morgan fingerprint density at radius 2 is 2.15 bits per heavy atom. The first kappa shape index (κ1) is 16.2. The molecule has 0 aromatic heterocycles. The molecule has 1 atom stereocenters. The van der Waals surface area contributed by atoms with Gasteiger partial charge in [0, 0.05) is 25.3 Å². The van der Waals surface area contributed by atoms with Crippen LogP contribution in [0.3, 0.4) is 0 Å². The highest BCUT2D eigenvalue weighted by molar-refractivity contribution is 6.33.